The fourth-order valence-corrected chi connectivity index (χ4v) is 4.96. The molecule has 2 fully saturated rings. The molecule has 2 atom stereocenters. The van der Waals surface area contributed by atoms with Gasteiger partial charge in [-0.1, -0.05) is 0 Å². The van der Waals surface area contributed by atoms with Gasteiger partial charge in [0, 0.05) is 36.4 Å². The number of amides is 2. The van der Waals surface area contributed by atoms with Gasteiger partial charge in [0.05, 0.1) is 31.6 Å². The van der Waals surface area contributed by atoms with Crippen LogP contribution in [-0.2, 0) is 21.7 Å². The molecule has 4 heterocycles. The SMILES string of the molecule is CCNC(=O)Nc1ccc(-c2nc(N3CCOC[C@@H]3C)c3c(n2)[C@](C)(CCN2CCC2)OC3)cc1. The number of rotatable bonds is 7. The summed E-state index contributed by atoms with van der Waals surface area (Å²) >= 11 is 0. The molecule has 1 aromatic carbocycles. The number of nitrogens with one attached hydrogen (secondary N) is 2. The Labute approximate surface area is 207 Å². The highest BCUT2D eigenvalue weighted by Gasteiger charge is 2.41. The number of carbonyl (C=O) groups is 1. The van der Waals surface area contributed by atoms with Crippen LogP contribution in [0.25, 0.3) is 11.4 Å². The van der Waals surface area contributed by atoms with Gasteiger partial charge < -0.3 is 29.9 Å². The lowest BCUT2D eigenvalue weighted by atomic mass is 9.95. The Balaban J connectivity index is 1.48. The highest BCUT2D eigenvalue weighted by Crippen LogP contribution is 2.43. The summed E-state index contributed by atoms with van der Waals surface area (Å²) in [6.07, 6.45) is 2.19. The predicted molar refractivity (Wildman–Crippen MR) is 136 cm³/mol. The molecule has 3 aliphatic rings. The van der Waals surface area contributed by atoms with E-state index in [9.17, 15) is 4.79 Å². The molecule has 188 valence electrons. The van der Waals surface area contributed by atoms with Crippen LogP contribution in [0.5, 0.6) is 0 Å². The summed E-state index contributed by atoms with van der Waals surface area (Å²) in [4.78, 5) is 26.8. The number of anilines is 2. The molecule has 35 heavy (non-hydrogen) atoms. The zero-order chi connectivity index (χ0) is 24.4. The Morgan fingerprint density at radius 1 is 1.20 bits per heavy atom. The Kier molecular flexibility index (Phi) is 6.91. The van der Waals surface area contributed by atoms with E-state index < -0.39 is 5.60 Å². The molecule has 2 amide bonds. The van der Waals surface area contributed by atoms with Gasteiger partial charge in [-0.25, -0.2) is 14.8 Å². The van der Waals surface area contributed by atoms with E-state index in [0.29, 0.717) is 32.2 Å². The fraction of sp³-hybridized carbons (Fsp3) is 0.577. The fourth-order valence-electron chi connectivity index (χ4n) is 4.96. The van der Waals surface area contributed by atoms with Crippen LogP contribution >= 0.6 is 0 Å². The van der Waals surface area contributed by atoms with Gasteiger partial charge in [0.25, 0.3) is 0 Å². The van der Waals surface area contributed by atoms with Crippen molar-refractivity contribution in [2.45, 2.75) is 51.9 Å². The molecule has 2 N–H and O–H groups in total. The van der Waals surface area contributed by atoms with Crippen molar-refractivity contribution < 1.29 is 14.3 Å². The summed E-state index contributed by atoms with van der Waals surface area (Å²) in [5.74, 6) is 1.64. The number of nitrogens with zero attached hydrogens (tertiary/aromatic N) is 4. The molecule has 5 rings (SSSR count). The quantitative estimate of drug-likeness (QED) is 0.628. The Bertz CT molecular complexity index is 1060. The van der Waals surface area contributed by atoms with Crippen molar-refractivity contribution in [2.75, 3.05) is 56.2 Å². The Hall–Kier alpha value is -2.75. The maximum Gasteiger partial charge on any atom is 0.319 e. The van der Waals surface area contributed by atoms with E-state index in [4.69, 9.17) is 19.4 Å². The second kappa shape index (κ2) is 10.1. The molecule has 0 aliphatic carbocycles. The number of fused-ring (bicyclic) bond motifs is 1. The van der Waals surface area contributed by atoms with Gasteiger partial charge in [-0.2, -0.15) is 0 Å². The van der Waals surface area contributed by atoms with E-state index in [-0.39, 0.29) is 12.1 Å². The minimum atomic E-state index is -0.438. The van der Waals surface area contributed by atoms with Gasteiger partial charge >= 0.3 is 6.03 Å². The standard InChI is InChI=1S/C26H36N6O3/c1-4-27-25(33)28-20-8-6-19(7-9-20)23-29-22-21(24(30-23)32-14-15-34-16-18(32)2)17-35-26(22,3)10-13-31-11-5-12-31/h6-9,18H,4-5,10-17H2,1-3H3,(H2,27,28,33)/t18-,26-/m0/s1. The number of aromatic nitrogens is 2. The third-order valence-corrected chi connectivity index (χ3v) is 7.25. The molecule has 0 radical (unpaired) electrons. The smallest absolute Gasteiger partial charge is 0.319 e. The van der Waals surface area contributed by atoms with Crippen LogP contribution in [-0.4, -0.2) is 72.9 Å². The van der Waals surface area contributed by atoms with Gasteiger partial charge in [-0.05, 0) is 71.0 Å². The van der Waals surface area contributed by atoms with E-state index in [1.54, 1.807) is 0 Å². The first kappa shape index (κ1) is 24.0. The summed E-state index contributed by atoms with van der Waals surface area (Å²) in [7, 11) is 0. The molecule has 9 nitrogen and oxygen atoms in total. The molecular formula is C26H36N6O3. The van der Waals surface area contributed by atoms with Crippen LogP contribution < -0.4 is 15.5 Å². The van der Waals surface area contributed by atoms with Crippen molar-refractivity contribution in [3.63, 3.8) is 0 Å². The zero-order valence-corrected chi connectivity index (χ0v) is 21.0. The summed E-state index contributed by atoms with van der Waals surface area (Å²) in [6.45, 7) is 12.9. The Morgan fingerprint density at radius 3 is 2.69 bits per heavy atom. The maximum absolute atomic E-state index is 11.9. The van der Waals surface area contributed by atoms with E-state index >= 15 is 0 Å². The van der Waals surface area contributed by atoms with E-state index in [0.717, 1.165) is 47.8 Å². The molecule has 3 aliphatic heterocycles. The number of ether oxygens (including phenoxy) is 2. The second-order valence-corrected chi connectivity index (χ2v) is 9.84. The van der Waals surface area contributed by atoms with Gasteiger partial charge in [0.1, 0.15) is 11.4 Å². The van der Waals surface area contributed by atoms with Crippen molar-refractivity contribution in [3.05, 3.63) is 35.5 Å². The monoisotopic (exact) mass is 480 g/mol. The lowest BCUT2D eigenvalue weighted by molar-refractivity contribution is -0.0405. The first-order chi connectivity index (χ1) is 17.0. The highest BCUT2D eigenvalue weighted by molar-refractivity contribution is 5.89. The van der Waals surface area contributed by atoms with E-state index in [2.05, 4.69) is 34.3 Å². The van der Waals surface area contributed by atoms with Crippen LogP contribution in [0.15, 0.2) is 24.3 Å². The molecule has 0 saturated carbocycles. The van der Waals surface area contributed by atoms with Crippen molar-refractivity contribution in [2.24, 2.45) is 0 Å². The van der Waals surface area contributed by atoms with Crippen LogP contribution in [0.1, 0.15) is 44.9 Å². The van der Waals surface area contributed by atoms with Gasteiger partial charge in [-0.3, -0.25) is 0 Å². The number of hydrogen-bond acceptors (Lipinski definition) is 7. The molecule has 0 bridgehead atoms. The van der Waals surface area contributed by atoms with Gasteiger partial charge in [-0.15, -0.1) is 0 Å². The van der Waals surface area contributed by atoms with Crippen LogP contribution in [0.3, 0.4) is 0 Å². The maximum atomic E-state index is 11.9. The Morgan fingerprint density at radius 2 is 2.00 bits per heavy atom. The summed E-state index contributed by atoms with van der Waals surface area (Å²) in [5.41, 5.74) is 3.30. The van der Waals surface area contributed by atoms with E-state index in [1.165, 1.54) is 19.5 Å². The predicted octanol–water partition coefficient (Wildman–Crippen LogP) is 3.35. The minimum absolute atomic E-state index is 0.215. The number of urea groups is 1. The average Bonchev–Trinajstić information content (AvgIpc) is 3.15. The second-order valence-electron chi connectivity index (χ2n) is 9.84. The first-order valence-electron chi connectivity index (χ1n) is 12.7. The van der Waals surface area contributed by atoms with Gasteiger partial charge in [0.15, 0.2) is 5.82 Å². The minimum Gasteiger partial charge on any atom is -0.377 e. The topological polar surface area (TPSA) is 91.9 Å². The largest absolute Gasteiger partial charge is 0.377 e. The molecule has 0 spiro atoms. The van der Waals surface area contributed by atoms with Crippen LogP contribution in [0, 0.1) is 0 Å². The molecule has 2 aromatic rings. The number of likely N-dealkylation sites (tertiary alicyclic amines) is 1. The average molecular weight is 481 g/mol. The number of morpholine rings is 1. The van der Waals surface area contributed by atoms with Crippen molar-refractivity contribution in [1.29, 1.82) is 0 Å². The first-order valence-corrected chi connectivity index (χ1v) is 12.7. The number of hydrogen-bond donors (Lipinski definition) is 2. The molecule has 0 unspecified atom stereocenters. The normalized spacial score (nSPS) is 24.1. The molecule has 2 saturated heterocycles. The lowest BCUT2D eigenvalue weighted by Crippen LogP contribution is -2.44. The van der Waals surface area contributed by atoms with Crippen LogP contribution in [0.2, 0.25) is 0 Å². The summed E-state index contributed by atoms with van der Waals surface area (Å²) in [5, 5.41) is 5.59. The third-order valence-electron chi connectivity index (χ3n) is 7.25. The zero-order valence-electron chi connectivity index (χ0n) is 21.0. The number of benzene rings is 1. The number of carbonyl (C=O) groups excluding carboxylic acids is 1. The third kappa shape index (κ3) is 4.98. The van der Waals surface area contributed by atoms with Crippen molar-refractivity contribution >= 4 is 17.5 Å². The van der Waals surface area contributed by atoms with Crippen molar-refractivity contribution in [1.82, 2.24) is 20.2 Å². The van der Waals surface area contributed by atoms with E-state index in [1.807, 2.05) is 31.2 Å². The summed E-state index contributed by atoms with van der Waals surface area (Å²) < 4.78 is 12.1. The lowest BCUT2D eigenvalue weighted by Gasteiger charge is -2.36. The summed E-state index contributed by atoms with van der Waals surface area (Å²) in [6, 6.07) is 7.71. The highest BCUT2D eigenvalue weighted by atomic mass is 16.5. The van der Waals surface area contributed by atoms with Gasteiger partial charge in [0.2, 0.25) is 0 Å². The molecule has 9 heteroatoms. The molecular weight excluding hydrogens is 444 g/mol. The molecule has 1 aromatic heterocycles. The van der Waals surface area contributed by atoms with Crippen LogP contribution in [0.4, 0.5) is 16.3 Å². The van der Waals surface area contributed by atoms with Crippen molar-refractivity contribution in [3.8, 4) is 11.4 Å².